The van der Waals surface area contributed by atoms with Gasteiger partial charge in [0.2, 0.25) is 6.20 Å². The van der Waals surface area contributed by atoms with Gasteiger partial charge >= 0.3 is 5.97 Å². The van der Waals surface area contributed by atoms with Gasteiger partial charge in [0.1, 0.15) is 5.00 Å². The van der Waals surface area contributed by atoms with E-state index < -0.39 is 10.9 Å². The quantitative estimate of drug-likeness (QED) is 0.670. The van der Waals surface area contributed by atoms with Crippen LogP contribution in [0.5, 0.6) is 0 Å². The Bertz CT molecular complexity index is 861. The number of aromatic carboxylic acids is 1. The minimum absolute atomic E-state index is 0.390. The van der Waals surface area contributed by atoms with E-state index >= 15 is 0 Å². The number of hydrogen-bond acceptors (Lipinski definition) is 4. The summed E-state index contributed by atoms with van der Waals surface area (Å²) in [6, 6.07) is 1.85. The number of carbonyl (C=O) groups is 1. The molecule has 1 N–H and O–H groups in total. The number of carboxylic acid groups (broad SMARTS) is 1. The van der Waals surface area contributed by atoms with Crippen molar-refractivity contribution in [1.82, 2.24) is 4.57 Å². The molecule has 0 aromatic carbocycles. The third kappa shape index (κ3) is 2.75. The maximum Gasteiger partial charge on any atom is 0.339 e. The molecule has 126 valence electrons. The zero-order chi connectivity index (χ0) is 17.4. The Hall–Kier alpha value is -2.41. The second-order valence-corrected chi connectivity index (χ2v) is 7.04. The van der Waals surface area contributed by atoms with Crippen molar-refractivity contribution >= 4 is 23.4 Å². The van der Waals surface area contributed by atoms with E-state index in [-0.39, 0.29) is 0 Å². The van der Waals surface area contributed by atoms with Crippen LogP contribution in [0.1, 0.15) is 50.6 Å². The number of nitrogens with zero attached hydrogens (tertiary/aromatic N) is 2. The van der Waals surface area contributed by atoms with Gasteiger partial charge in [-0.2, -0.15) is 0 Å². The first-order chi connectivity index (χ1) is 11.4. The first kappa shape index (κ1) is 16.4. The third-order valence-electron chi connectivity index (χ3n) is 4.42. The zero-order valence-electron chi connectivity index (χ0n) is 13.5. The Morgan fingerprint density at radius 3 is 2.75 bits per heavy atom. The Balaban J connectivity index is 2.18. The maximum absolute atomic E-state index is 11.9. The average molecular weight is 346 g/mol. The highest BCUT2D eigenvalue weighted by Crippen LogP contribution is 2.38. The molecule has 6 nitrogen and oxygen atoms in total. The lowest BCUT2D eigenvalue weighted by Crippen LogP contribution is -2.09. The Kier molecular flexibility index (Phi) is 4.28. The summed E-state index contributed by atoms with van der Waals surface area (Å²) in [5.74, 6) is -0.903. The molecule has 3 rings (SSSR count). The fourth-order valence-corrected chi connectivity index (χ4v) is 4.83. The van der Waals surface area contributed by atoms with E-state index in [9.17, 15) is 20.0 Å². The molecule has 0 fully saturated rings. The number of aryl methyl sites for hydroxylation is 2. The fraction of sp³-hybridized carbons (Fsp3) is 0.353. The van der Waals surface area contributed by atoms with Gasteiger partial charge in [0.25, 0.3) is 0 Å². The number of aromatic nitrogens is 1. The summed E-state index contributed by atoms with van der Waals surface area (Å²) in [7, 11) is 0. The summed E-state index contributed by atoms with van der Waals surface area (Å²) >= 11 is 1.53. The molecule has 0 aliphatic heterocycles. The molecule has 0 spiro atoms. The van der Waals surface area contributed by atoms with Crippen LogP contribution in [0.25, 0.3) is 11.1 Å². The smallest absolute Gasteiger partial charge is 0.339 e. The number of nitro groups is 1. The normalized spacial score (nSPS) is 14.1. The Morgan fingerprint density at radius 2 is 2.08 bits per heavy atom. The number of carboxylic acids is 1. The average Bonchev–Trinajstić information content (AvgIpc) is 3.02. The largest absolute Gasteiger partial charge is 0.478 e. The Labute approximate surface area is 143 Å². The van der Waals surface area contributed by atoms with Gasteiger partial charge in [-0.15, -0.1) is 11.3 Å². The number of rotatable bonds is 4. The SMILES string of the molecule is Cc1cc(/C=C/[N+](=O)[O-])c(C)n1-c1sc2c(c1C(=O)O)CCCC2. The van der Waals surface area contributed by atoms with E-state index in [1.54, 1.807) is 0 Å². The zero-order valence-corrected chi connectivity index (χ0v) is 14.4. The second-order valence-electron chi connectivity index (χ2n) is 5.96. The van der Waals surface area contributed by atoms with Gasteiger partial charge in [0.05, 0.1) is 10.5 Å². The van der Waals surface area contributed by atoms with E-state index in [0.717, 1.165) is 59.3 Å². The van der Waals surface area contributed by atoms with E-state index in [2.05, 4.69) is 0 Å². The van der Waals surface area contributed by atoms with Gasteiger partial charge in [-0.1, -0.05) is 0 Å². The summed E-state index contributed by atoms with van der Waals surface area (Å²) in [5, 5.41) is 21.0. The molecule has 0 saturated carbocycles. The third-order valence-corrected chi connectivity index (χ3v) is 5.69. The molecule has 2 heterocycles. The topological polar surface area (TPSA) is 85.4 Å². The number of thiophene rings is 1. The summed E-state index contributed by atoms with van der Waals surface area (Å²) < 4.78 is 1.91. The van der Waals surface area contributed by atoms with Crippen LogP contribution < -0.4 is 0 Å². The highest BCUT2D eigenvalue weighted by atomic mass is 32.1. The van der Waals surface area contributed by atoms with Gasteiger partial charge in [0.15, 0.2) is 0 Å². The van der Waals surface area contributed by atoms with Gasteiger partial charge in [0, 0.05) is 27.9 Å². The highest BCUT2D eigenvalue weighted by molar-refractivity contribution is 7.15. The molecule has 0 radical (unpaired) electrons. The first-order valence-electron chi connectivity index (χ1n) is 7.79. The molecular formula is C17H18N2O4S. The molecule has 0 unspecified atom stereocenters. The van der Waals surface area contributed by atoms with Crippen molar-refractivity contribution in [3.05, 3.63) is 55.3 Å². The van der Waals surface area contributed by atoms with E-state index in [4.69, 9.17) is 0 Å². The minimum Gasteiger partial charge on any atom is -0.478 e. The molecule has 24 heavy (non-hydrogen) atoms. The van der Waals surface area contributed by atoms with Gasteiger partial charge < -0.3 is 9.67 Å². The van der Waals surface area contributed by atoms with Crippen molar-refractivity contribution in [2.75, 3.05) is 0 Å². The van der Waals surface area contributed by atoms with E-state index in [0.29, 0.717) is 10.6 Å². The van der Waals surface area contributed by atoms with E-state index in [1.807, 2.05) is 24.5 Å². The van der Waals surface area contributed by atoms with Crippen molar-refractivity contribution in [3.8, 4) is 5.00 Å². The van der Waals surface area contributed by atoms with Crippen LogP contribution in [0, 0.1) is 24.0 Å². The van der Waals surface area contributed by atoms with Crippen molar-refractivity contribution in [2.45, 2.75) is 39.5 Å². The summed E-state index contributed by atoms with van der Waals surface area (Å²) in [6.07, 6.45) is 6.20. The molecule has 7 heteroatoms. The minimum atomic E-state index is -0.903. The van der Waals surface area contributed by atoms with Gasteiger partial charge in [-0.25, -0.2) is 4.79 Å². The van der Waals surface area contributed by atoms with Gasteiger partial charge in [-0.3, -0.25) is 10.1 Å². The lowest BCUT2D eigenvalue weighted by molar-refractivity contribution is -0.400. The fourth-order valence-electron chi connectivity index (χ4n) is 3.34. The van der Waals surface area contributed by atoms with Crippen molar-refractivity contribution in [1.29, 1.82) is 0 Å². The lowest BCUT2D eigenvalue weighted by Gasteiger charge is -2.11. The Morgan fingerprint density at radius 1 is 1.38 bits per heavy atom. The van der Waals surface area contributed by atoms with Crippen LogP contribution >= 0.6 is 11.3 Å². The van der Waals surface area contributed by atoms with Gasteiger partial charge in [-0.05, 0) is 51.2 Å². The molecule has 2 aromatic rings. The number of fused-ring (bicyclic) bond motifs is 1. The highest BCUT2D eigenvalue weighted by Gasteiger charge is 2.27. The summed E-state index contributed by atoms with van der Waals surface area (Å²) in [4.78, 5) is 23.1. The standard InChI is InChI=1S/C17H18N2O4S/c1-10-9-12(7-8-18(22)23)11(2)19(10)16-15(17(20)21)13-5-3-4-6-14(13)24-16/h7-9H,3-6H2,1-2H3,(H,20,21)/b8-7+. The molecule has 0 bridgehead atoms. The monoisotopic (exact) mass is 346 g/mol. The van der Waals surface area contributed by atoms with Crippen LogP contribution in [0.2, 0.25) is 0 Å². The molecule has 0 atom stereocenters. The molecule has 0 amide bonds. The van der Waals surface area contributed by atoms with Crippen molar-refractivity contribution < 1.29 is 14.8 Å². The van der Waals surface area contributed by atoms with Crippen LogP contribution in [0.3, 0.4) is 0 Å². The molecule has 1 aliphatic carbocycles. The molecule has 2 aromatic heterocycles. The molecular weight excluding hydrogens is 328 g/mol. The first-order valence-corrected chi connectivity index (χ1v) is 8.60. The van der Waals surface area contributed by atoms with Crippen molar-refractivity contribution in [3.63, 3.8) is 0 Å². The maximum atomic E-state index is 11.9. The van der Waals surface area contributed by atoms with Crippen LogP contribution in [0.15, 0.2) is 12.3 Å². The van der Waals surface area contributed by atoms with Crippen molar-refractivity contribution in [2.24, 2.45) is 0 Å². The second kappa shape index (κ2) is 6.24. The predicted molar refractivity (Wildman–Crippen MR) is 92.7 cm³/mol. The number of hydrogen-bond donors (Lipinski definition) is 1. The predicted octanol–water partition coefficient (Wildman–Crippen LogP) is 3.98. The summed E-state index contributed by atoms with van der Waals surface area (Å²) in [6.45, 7) is 3.75. The molecule has 0 saturated heterocycles. The van der Waals surface area contributed by atoms with E-state index in [1.165, 1.54) is 17.4 Å². The summed E-state index contributed by atoms with van der Waals surface area (Å²) in [5.41, 5.74) is 3.76. The lowest BCUT2D eigenvalue weighted by atomic mass is 9.95. The molecule has 1 aliphatic rings. The van der Waals surface area contributed by atoms with Crippen LogP contribution in [-0.2, 0) is 12.8 Å². The van der Waals surface area contributed by atoms with Crippen LogP contribution in [-0.4, -0.2) is 20.6 Å². The van der Waals surface area contributed by atoms with Crippen LogP contribution in [0.4, 0.5) is 0 Å².